The van der Waals surface area contributed by atoms with Crippen molar-refractivity contribution in [3.8, 4) is 0 Å². The fourth-order valence-electron chi connectivity index (χ4n) is 2.00. The second-order valence-electron chi connectivity index (χ2n) is 4.52. The quantitative estimate of drug-likeness (QED) is 0.768. The molecule has 0 spiro atoms. The molecule has 17 heavy (non-hydrogen) atoms. The lowest BCUT2D eigenvalue weighted by molar-refractivity contribution is 0.232. The average molecular weight is 292 g/mol. The van der Waals surface area contributed by atoms with E-state index in [0.717, 1.165) is 10.9 Å². The molecule has 0 radical (unpaired) electrons. The van der Waals surface area contributed by atoms with E-state index in [1.165, 1.54) is 36.6 Å². The summed E-state index contributed by atoms with van der Waals surface area (Å²) in [5.74, 6) is 2.11. The largest absolute Gasteiger partial charge is 0.306 e. The van der Waals surface area contributed by atoms with Gasteiger partial charge in [0.15, 0.2) is 0 Å². The number of thioether (sulfide) groups is 1. The van der Waals surface area contributed by atoms with E-state index in [9.17, 15) is 0 Å². The number of hydrogen-bond donors (Lipinski definition) is 0. The molecule has 0 saturated carbocycles. The van der Waals surface area contributed by atoms with Crippen LogP contribution in [0.25, 0.3) is 0 Å². The molecule has 1 nitrogen and oxygen atoms in total. The monoisotopic (exact) mass is 291 g/mol. The normalized spacial score (nSPS) is 17.8. The fraction of sp³-hybridized carbons (Fsp3) is 0.538. The predicted octanol–water partition coefficient (Wildman–Crippen LogP) is 4.20. The molecular weight excluding hydrogens is 273 g/mol. The minimum absolute atomic E-state index is 0. The van der Waals surface area contributed by atoms with Gasteiger partial charge in [0, 0.05) is 15.7 Å². The molecule has 1 heterocycles. The smallest absolute Gasteiger partial charge is 0.0417 e. The molecule has 0 unspecified atom stereocenters. The van der Waals surface area contributed by atoms with Crippen molar-refractivity contribution in [3.63, 3.8) is 0 Å². The molecule has 1 aromatic rings. The third kappa shape index (κ3) is 5.09. The van der Waals surface area contributed by atoms with Crippen LogP contribution in [-0.2, 0) is 0 Å². The third-order valence-corrected chi connectivity index (χ3v) is 4.58. The van der Waals surface area contributed by atoms with Crippen LogP contribution in [0.3, 0.4) is 0 Å². The van der Waals surface area contributed by atoms with Crippen molar-refractivity contribution >= 4 is 35.8 Å². The number of hydrogen-bond acceptors (Lipinski definition) is 2. The van der Waals surface area contributed by atoms with Crippen molar-refractivity contribution in [2.75, 3.05) is 25.9 Å². The Bertz CT molecular complexity index is 338. The highest BCUT2D eigenvalue weighted by Gasteiger charge is 2.16. The minimum atomic E-state index is 0. The molecule has 1 aliphatic rings. The number of halogens is 2. The summed E-state index contributed by atoms with van der Waals surface area (Å²) in [6.07, 6.45) is 2.67. The van der Waals surface area contributed by atoms with Crippen LogP contribution >= 0.6 is 35.8 Å². The van der Waals surface area contributed by atoms with E-state index in [1.807, 2.05) is 23.9 Å². The van der Waals surface area contributed by atoms with E-state index >= 15 is 0 Å². The lowest BCUT2D eigenvalue weighted by atomic mass is 10.00. The predicted molar refractivity (Wildman–Crippen MR) is 79.6 cm³/mol. The van der Waals surface area contributed by atoms with Gasteiger partial charge in [0.2, 0.25) is 0 Å². The van der Waals surface area contributed by atoms with Crippen LogP contribution in [0.4, 0.5) is 0 Å². The van der Waals surface area contributed by atoms with Crippen LogP contribution in [0, 0.1) is 5.92 Å². The zero-order valence-corrected chi connectivity index (χ0v) is 12.5. The first-order valence-electron chi connectivity index (χ1n) is 5.81. The Labute approximate surface area is 119 Å². The molecule has 0 aliphatic carbocycles. The Morgan fingerprint density at radius 1 is 1.35 bits per heavy atom. The number of rotatable bonds is 3. The second-order valence-corrected chi connectivity index (χ2v) is 6.04. The van der Waals surface area contributed by atoms with E-state index in [-0.39, 0.29) is 12.4 Å². The van der Waals surface area contributed by atoms with Crippen LogP contribution < -0.4 is 0 Å². The maximum atomic E-state index is 5.97. The molecule has 96 valence electrons. The highest BCUT2D eigenvalue weighted by atomic mass is 35.5. The summed E-state index contributed by atoms with van der Waals surface area (Å²) in [7, 11) is 2.21. The lowest BCUT2D eigenvalue weighted by Crippen LogP contribution is -2.30. The molecule has 0 aromatic heterocycles. The molecule has 0 atom stereocenters. The van der Waals surface area contributed by atoms with Gasteiger partial charge in [-0.2, -0.15) is 0 Å². The number of piperidine rings is 1. The summed E-state index contributed by atoms with van der Waals surface area (Å²) < 4.78 is 0. The van der Waals surface area contributed by atoms with E-state index in [2.05, 4.69) is 24.1 Å². The molecule has 1 fully saturated rings. The first-order valence-corrected chi connectivity index (χ1v) is 7.17. The molecule has 1 saturated heterocycles. The van der Waals surface area contributed by atoms with Crippen molar-refractivity contribution in [2.45, 2.75) is 17.7 Å². The summed E-state index contributed by atoms with van der Waals surface area (Å²) in [4.78, 5) is 3.71. The summed E-state index contributed by atoms with van der Waals surface area (Å²) in [5.41, 5.74) is 0. The van der Waals surface area contributed by atoms with Crippen LogP contribution in [0.5, 0.6) is 0 Å². The zero-order chi connectivity index (χ0) is 11.4. The molecule has 0 amide bonds. The van der Waals surface area contributed by atoms with E-state index in [1.54, 1.807) is 0 Å². The summed E-state index contributed by atoms with van der Waals surface area (Å²) in [6.45, 7) is 2.50. The van der Waals surface area contributed by atoms with Gasteiger partial charge >= 0.3 is 0 Å². The van der Waals surface area contributed by atoms with Gasteiger partial charge in [-0.1, -0.05) is 17.7 Å². The molecule has 1 aliphatic heterocycles. The van der Waals surface area contributed by atoms with Gasteiger partial charge in [0.25, 0.3) is 0 Å². The van der Waals surface area contributed by atoms with Crippen LogP contribution in [0.2, 0.25) is 5.02 Å². The standard InChI is InChI=1S/C13H18ClNS.ClH/c1-15-7-5-11(6-8-15)10-16-13-4-2-3-12(14)9-13;/h2-4,9,11H,5-8,10H2,1H3;1H. The van der Waals surface area contributed by atoms with Crippen LogP contribution in [0.1, 0.15) is 12.8 Å². The van der Waals surface area contributed by atoms with Crippen LogP contribution in [-0.4, -0.2) is 30.8 Å². The Morgan fingerprint density at radius 3 is 2.71 bits per heavy atom. The van der Waals surface area contributed by atoms with Crippen molar-refractivity contribution in [1.82, 2.24) is 4.90 Å². The molecule has 0 bridgehead atoms. The van der Waals surface area contributed by atoms with Gasteiger partial charge in [0.05, 0.1) is 0 Å². The molecule has 1 aromatic carbocycles. The van der Waals surface area contributed by atoms with Crippen molar-refractivity contribution < 1.29 is 0 Å². The Balaban J connectivity index is 0.00000144. The highest BCUT2D eigenvalue weighted by Crippen LogP contribution is 2.27. The van der Waals surface area contributed by atoms with Gasteiger partial charge in [-0.05, 0) is 57.1 Å². The van der Waals surface area contributed by atoms with Gasteiger partial charge in [-0.25, -0.2) is 0 Å². The minimum Gasteiger partial charge on any atom is -0.306 e. The van der Waals surface area contributed by atoms with Gasteiger partial charge in [-0.15, -0.1) is 24.2 Å². The Hall–Kier alpha value is 0.110. The first kappa shape index (κ1) is 15.2. The zero-order valence-electron chi connectivity index (χ0n) is 10.1. The maximum Gasteiger partial charge on any atom is 0.0417 e. The SMILES string of the molecule is CN1CCC(CSc2cccc(Cl)c2)CC1.Cl. The molecule has 2 rings (SSSR count). The van der Waals surface area contributed by atoms with Crippen LogP contribution in [0.15, 0.2) is 29.2 Å². The average Bonchev–Trinajstić information content (AvgIpc) is 2.28. The van der Waals surface area contributed by atoms with Crippen molar-refractivity contribution in [3.05, 3.63) is 29.3 Å². The van der Waals surface area contributed by atoms with Gasteiger partial charge < -0.3 is 4.90 Å². The number of benzene rings is 1. The van der Waals surface area contributed by atoms with Crippen molar-refractivity contribution in [1.29, 1.82) is 0 Å². The van der Waals surface area contributed by atoms with E-state index in [4.69, 9.17) is 11.6 Å². The highest BCUT2D eigenvalue weighted by molar-refractivity contribution is 7.99. The lowest BCUT2D eigenvalue weighted by Gasteiger charge is -2.28. The van der Waals surface area contributed by atoms with Gasteiger partial charge in [-0.3, -0.25) is 0 Å². The van der Waals surface area contributed by atoms with Crippen molar-refractivity contribution in [2.24, 2.45) is 5.92 Å². The first-order chi connectivity index (χ1) is 7.74. The third-order valence-electron chi connectivity index (χ3n) is 3.12. The topological polar surface area (TPSA) is 3.24 Å². The fourth-order valence-corrected chi connectivity index (χ4v) is 3.40. The number of likely N-dealkylation sites (tertiary alicyclic amines) is 1. The van der Waals surface area contributed by atoms with Gasteiger partial charge in [0.1, 0.15) is 0 Å². The summed E-state index contributed by atoms with van der Waals surface area (Å²) in [5, 5.41) is 0.841. The van der Waals surface area contributed by atoms with E-state index in [0.29, 0.717) is 0 Å². The Kier molecular flexibility index (Phi) is 6.71. The second kappa shape index (κ2) is 7.52. The summed E-state index contributed by atoms with van der Waals surface area (Å²) >= 11 is 7.90. The van der Waals surface area contributed by atoms with E-state index < -0.39 is 0 Å². The molecular formula is C13H19Cl2NS. The Morgan fingerprint density at radius 2 is 2.06 bits per heavy atom. The summed E-state index contributed by atoms with van der Waals surface area (Å²) in [6, 6.07) is 8.16. The maximum absolute atomic E-state index is 5.97. The number of nitrogens with zero attached hydrogens (tertiary/aromatic N) is 1. The molecule has 4 heteroatoms. The molecule has 0 N–H and O–H groups in total.